The van der Waals surface area contributed by atoms with Crippen molar-refractivity contribution >= 4 is 63.6 Å². The van der Waals surface area contributed by atoms with Crippen LogP contribution in [0.2, 0.25) is 0 Å². The average molecular weight is 532 g/mol. The summed E-state index contributed by atoms with van der Waals surface area (Å²) in [6.07, 6.45) is 2.83. The Morgan fingerprint density at radius 2 is 2.14 bits per heavy atom. The minimum atomic E-state index is -0.931. The van der Waals surface area contributed by atoms with Crippen LogP contribution in [0.15, 0.2) is 34.1 Å². The zero-order valence-corrected chi connectivity index (χ0v) is 21.4. The van der Waals surface area contributed by atoms with E-state index in [1.807, 2.05) is 0 Å². The van der Waals surface area contributed by atoms with Crippen molar-refractivity contribution in [2.24, 2.45) is 0 Å². The van der Waals surface area contributed by atoms with Gasteiger partial charge in [-0.1, -0.05) is 30.0 Å². The maximum absolute atomic E-state index is 13.6. The number of esters is 1. The second-order valence-electron chi connectivity index (χ2n) is 7.92. The largest absolute Gasteiger partial charge is 0.466 e. The summed E-state index contributed by atoms with van der Waals surface area (Å²) in [5.74, 6) is -1.05. The van der Waals surface area contributed by atoms with Crippen LogP contribution in [-0.2, 0) is 23.9 Å². The van der Waals surface area contributed by atoms with E-state index in [1.54, 1.807) is 36.2 Å². The molecular weight excluding hydrogens is 506 g/mol. The number of piperazine rings is 1. The molecule has 0 saturated carbocycles. The number of carbonyl (C=O) groups excluding carboxylic acids is 3. The number of rotatable bonds is 8. The molecule has 1 N–H and O–H groups in total. The fraction of sp³-hybridized carbons (Fsp3) is 0.391. The van der Waals surface area contributed by atoms with Crippen LogP contribution in [0.25, 0.3) is 11.7 Å². The number of nitrogens with one attached hydrogen (secondary N) is 1. The van der Waals surface area contributed by atoms with E-state index in [1.165, 1.54) is 22.5 Å². The van der Waals surface area contributed by atoms with Crippen LogP contribution in [0, 0.1) is 0 Å². The van der Waals surface area contributed by atoms with E-state index < -0.39 is 17.6 Å². The summed E-state index contributed by atoms with van der Waals surface area (Å²) in [6.45, 7) is 3.06. The van der Waals surface area contributed by atoms with Crippen LogP contribution in [0.1, 0.15) is 18.9 Å². The summed E-state index contributed by atoms with van der Waals surface area (Å²) in [6, 6.07) is 4.18. The van der Waals surface area contributed by atoms with Crippen molar-refractivity contribution in [3.63, 3.8) is 0 Å². The van der Waals surface area contributed by atoms with Gasteiger partial charge in [-0.05, 0) is 25.1 Å². The van der Waals surface area contributed by atoms with E-state index in [9.17, 15) is 19.2 Å². The molecular formula is C23H25N5O6S2. The van der Waals surface area contributed by atoms with Crippen LogP contribution in [0.5, 0.6) is 0 Å². The fourth-order valence-corrected chi connectivity index (χ4v) is 5.28. The van der Waals surface area contributed by atoms with Gasteiger partial charge in [-0.25, -0.2) is 4.98 Å². The molecule has 0 aliphatic carbocycles. The molecule has 2 amide bonds. The number of aromatic nitrogens is 2. The maximum Gasteiger partial charge on any atom is 0.308 e. The Morgan fingerprint density at radius 1 is 1.33 bits per heavy atom. The summed E-state index contributed by atoms with van der Waals surface area (Å²) in [4.78, 5) is 59.7. The highest BCUT2D eigenvalue weighted by molar-refractivity contribution is 8.26. The number of pyridine rings is 1. The summed E-state index contributed by atoms with van der Waals surface area (Å²) in [7, 11) is 1.53. The minimum absolute atomic E-state index is 0.120. The molecule has 2 aromatic heterocycles. The zero-order valence-electron chi connectivity index (χ0n) is 19.8. The van der Waals surface area contributed by atoms with Crippen molar-refractivity contribution in [1.82, 2.24) is 19.6 Å². The molecule has 4 rings (SSSR count). The number of thioether (sulfide) groups is 1. The van der Waals surface area contributed by atoms with Gasteiger partial charge < -0.3 is 19.7 Å². The van der Waals surface area contributed by atoms with Crippen molar-refractivity contribution in [3.05, 3.63) is 45.2 Å². The van der Waals surface area contributed by atoms with Gasteiger partial charge in [-0.15, -0.1) is 0 Å². The van der Waals surface area contributed by atoms with E-state index in [-0.39, 0.29) is 47.7 Å². The number of carbonyl (C=O) groups is 3. The molecule has 13 heteroatoms. The van der Waals surface area contributed by atoms with Gasteiger partial charge in [0.15, 0.2) is 0 Å². The number of fused-ring (bicyclic) bond motifs is 1. The molecule has 2 aliphatic heterocycles. The predicted octanol–water partition coefficient (Wildman–Crippen LogP) is 0.800. The van der Waals surface area contributed by atoms with Crippen LogP contribution in [0.4, 0.5) is 5.82 Å². The van der Waals surface area contributed by atoms with E-state index in [4.69, 9.17) is 21.7 Å². The fourth-order valence-electron chi connectivity index (χ4n) is 3.99. The number of amides is 2. The van der Waals surface area contributed by atoms with Crippen LogP contribution in [-0.4, -0.2) is 82.4 Å². The number of methoxy groups -OCH3 is 1. The summed E-state index contributed by atoms with van der Waals surface area (Å²) in [5.41, 5.74) is 0.0660. The van der Waals surface area contributed by atoms with E-state index in [0.29, 0.717) is 29.7 Å². The van der Waals surface area contributed by atoms with Gasteiger partial charge in [0, 0.05) is 26.4 Å². The highest BCUT2D eigenvalue weighted by Crippen LogP contribution is 2.34. The smallest absolute Gasteiger partial charge is 0.308 e. The Bertz CT molecular complexity index is 1310. The van der Waals surface area contributed by atoms with Crippen molar-refractivity contribution in [2.45, 2.75) is 19.4 Å². The Labute approximate surface area is 216 Å². The van der Waals surface area contributed by atoms with Crippen LogP contribution < -0.4 is 15.8 Å². The van der Waals surface area contributed by atoms with E-state index in [2.05, 4.69) is 10.3 Å². The molecule has 4 heterocycles. The number of anilines is 1. The predicted molar refractivity (Wildman–Crippen MR) is 139 cm³/mol. The van der Waals surface area contributed by atoms with E-state index >= 15 is 0 Å². The molecule has 0 bridgehead atoms. The lowest BCUT2D eigenvalue weighted by molar-refractivity contribution is -0.145. The molecule has 2 saturated heterocycles. The first-order valence-electron chi connectivity index (χ1n) is 11.3. The molecule has 0 radical (unpaired) electrons. The Balaban J connectivity index is 1.83. The lowest BCUT2D eigenvalue weighted by atomic mass is 10.1. The maximum atomic E-state index is 13.6. The molecule has 0 unspecified atom stereocenters. The van der Waals surface area contributed by atoms with Crippen molar-refractivity contribution in [1.29, 1.82) is 0 Å². The molecule has 11 nitrogen and oxygen atoms in total. The molecule has 2 aromatic rings. The molecule has 2 aliphatic rings. The number of nitrogens with zero attached hydrogens (tertiary/aromatic N) is 4. The third-order valence-corrected chi connectivity index (χ3v) is 7.06. The lowest BCUT2D eigenvalue weighted by Gasteiger charge is -2.36. The first-order valence-corrected chi connectivity index (χ1v) is 12.5. The first kappa shape index (κ1) is 25.8. The topological polar surface area (TPSA) is 123 Å². The number of ether oxygens (including phenoxy) is 2. The summed E-state index contributed by atoms with van der Waals surface area (Å²) < 4.78 is 11.8. The summed E-state index contributed by atoms with van der Waals surface area (Å²) in [5, 5.41) is 2.75. The van der Waals surface area contributed by atoms with Crippen molar-refractivity contribution < 1.29 is 23.9 Å². The van der Waals surface area contributed by atoms with Gasteiger partial charge in [-0.2, -0.15) is 0 Å². The van der Waals surface area contributed by atoms with Crippen LogP contribution >= 0.6 is 24.0 Å². The molecule has 190 valence electrons. The van der Waals surface area contributed by atoms with Gasteiger partial charge in [0.05, 0.1) is 36.6 Å². The van der Waals surface area contributed by atoms with Gasteiger partial charge in [0.25, 0.3) is 11.5 Å². The summed E-state index contributed by atoms with van der Waals surface area (Å²) >= 11 is 6.44. The second kappa shape index (κ2) is 11.2. The molecule has 36 heavy (non-hydrogen) atoms. The number of hydrogen-bond donors (Lipinski definition) is 1. The SMILES string of the molecule is CCOC(=O)C[C@H]1C(=O)NCCN1c1nc2ccccn2c(=O)c1/C=C1/SC(=S)N(CCOC)C1=O. The Hall–Kier alpha value is -3.29. The van der Waals surface area contributed by atoms with Gasteiger partial charge in [0.1, 0.15) is 21.8 Å². The highest BCUT2D eigenvalue weighted by atomic mass is 32.2. The molecule has 0 spiro atoms. The quantitative estimate of drug-likeness (QED) is 0.297. The Morgan fingerprint density at radius 3 is 2.89 bits per heavy atom. The zero-order chi connectivity index (χ0) is 25.8. The monoisotopic (exact) mass is 531 g/mol. The normalized spacial score (nSPS) is 19.3. The average Bonchev–Trinajstić information content (AvgIpc) is 3.12. The Kier molecular flexibility index (Phi) is 8.01. The van der Waals surface area contributed by atoms with Gasteiger partial charge in [-0.3, -0.25) is 28.5 Å². The van der Waals surface area contributed by atoms with E-state index in [0.717, 1.165) is 11.8 Å². The molecule has 1 atom stereocenters. The first-order chi connectivity index (χ1) is 17.3. The van der Waals surface area contributed by atoms with Gasteiger partial charge >= 0.3 is 5.97 Å². The van der Waals surface area contributed by atoms with Crippen molar-refractivity contribution in [2.75, 3.05) is 44.9 Å². The number of thiocarbonyl (C=S) groups is 1. The van der Waals surface area contributed by atoms with Crippen molar-refractivity contribution in [3.8, 4) is 0 Å². The number of hydrogen-bond acceptors (Lipinski definition) is 10. The van der Waals surface area contributed by atoms with Gasteiger partial charge in [0.2, 0.25) is 5.91 Å². The molecule has 2 fully saturated rings. The van der Waals surface area contributed by atoms with Crippen LogP contribution in [0.3, 0.4) is 0 Å². The lowest BCUT2D eigenvalue weighted by Crippen LogP contribution is -2.57. The minimum Gasteiger partial charge on any atom is -0.466 e. The molecule has 0 aromatic carbocycles. The second-order valence-corrected chi connectivity index (χ2v) is 9.59. The highest BCUT2D eigenvalue weighted by Gasteiger charge is 2.36. The third-order valence-electron chi connectivity index (χ3n) is 5.69. The third kappa shape index (κ3) is 5.13. The standard InChI is InChI=1S/C23H25N5O6S2/c1-3-34-18(29)13-15-20(30)24-7-9-26(15)19-14(21(31)27-8-5-4-6-17(27)25-19)12-16-22(32)28(10-11-33-2)23(35)36-16/h4-6,8,12,15H,3,7,9-11,13H2,1-2H3,(H,24,30)/b16-12+/t15-/m0/s1.